The Balaban J connectivity index is 2.01. The van der Waals surface area contributed by atoms with Crippen molar-refractivity contribution in [2.75, 3.05) is 7.11 Å². The van der Waals surface area contributed by atoms with Gasteiger partial charge in [0.25, 0.3) is 5.91 Å². The van der Waals surface area contributed by atoms with Crippen LogP contribution in [0.2, 0.25) is 0 Å². The molecule has 0 aliphatic rings. The molecule has 2 aromatic rings. The molecule has 0 unspecified atom stereocenters. The van der Waals surface area contributed by atoms with E-state index in [1.807, 2.05) is 42.5 Å². The van der Waals surface area contributed by atoms with Gasteiger partial charge in [-0.1, -0.05) is 42.5 Å². The second-order valence-corrected chi connectivity index (χ2v) is 4.25. The van der Waals surface area contributed by atoms with Crippen molar-refractivity contribution in [2.24, 2.45) is 0 Å². The van der Waals surface area contributed by atoms with E-state index in [1.165, 1.54) is 0 Å². The Morgan fingerprint density at radius 3 is 2.32 bits per heavy atom. The largest absolute Gasteiger partial charge is 0.380 e. The van der Waals surface area contributed by atoms with Gasteiger partial charge in [-0.05, 0) is 23.3 Å². The van der Waals surface area contributed by atoms with Gasteiger partial charge in [0.1, 0.15) is 0 Å². The van der Waals surface area contributed by atoms with Crippen LogP contribution in [0.25, 0.3) is 0 Å². The number of hydrogen-bond acceptors (Lipinski definition) is 2. The maximum Gasteiger partial charge on any atom is 0.251 e. The highest BCUT2D eigenvalue weighted by molar-refractivity contribution is 5.94. The summed E-state index contributed by atoms with van der Waals surface area (Å²) >= 11 is 0. The Hall–Kier alpha value is -2.13. The second kappa shape index (κ2) is 6.71. The van der Waals surface area contributed by atoms with Gasteiger partial charge in [-0.3, -0.25) is 4.79 Å². The quantitative estimate of drug-likeness (QED) is 0.892. The van der Waals surface area contributed by atoms with E-state index >= 15 is 0 Å². The van der Waals surface area contributed by atoms with Crippen LogP contribution in [-0.2, 0) is 17.9 Å². The number of ether oxygens (including phenoxy) is 1. The van der Waals surface area contributed by atoms with E-state index < -0.39 is 0 Å². The number of carbonyl (C=O) groups is 1. The van der Waals surface area contributed by atoms with Crippen molar-refractivity contribution in [1.82, 2.24) is 5.32 Å². The lowest BCUT2D eigenvalue weighted by atomic mass is 10.1. The summed E-state index contributed by atoms with van der Waals surface area (Å²) in [5.74, 6) is -0.0622. The topological polar surface area (TPSA) is 38.3 Å². The van der Waals surface area contributed by atoms with Crippen molar-refractivity contribution < 1.29 is 9.53 Å². The first-order valence-corrected chi connectivity index (χ1v) is 6.20. The van der Waals surface area contributed by atoms with Crippen LogP contribution in [0.4, 0.5) is 0 Å². The fourth-order valence-corrected chi connectivity index (χ4v) is 1.89. The summed E-state index contributed by atoms with van der Waals surface area (Å²) in [5.41, 5.74) is 2.85. The zero-order valence-electron chi connectivity index (χ0n) is 10.9. The first kappa shape index (κ1) is 13.3. The van der Waals surface area contributed by atoms with E-state index in [9.17, 15) is 4.79 Å². The molecule has 0 spiro atoms. The lowest BCUT2D eigenvalue weighted by Crippen LogP contribution is -2.23. The average Bonchev–Trinajstić information content (AvgIpc) is 2.47. The molecule has 0 radical (unpaired) electrons. The normalized spacial score (nSPS) is 10.2. The predicted molar refractivity (Wildman–Crippen MR) is 74.8 cm³/mol. The lowest BCUT2D eigenvalue weighted by molar-refractivity contribution is 0.0950. The third-order valence-electron chi connectivity index (χ3n) is 2.89. The monoisotopic (exact) mass is 255 g/mol. The number of rotatable bonds is 5. The van der Waals surface area contributed by atoms with Crippen LogP contribution in [0.3, 0.4) is 0 Å². The van der Waals surface area contributed by atoms with Crippen LogP contribution in [0.1, 0.15) is 21.5 Å². The van der Waals surface area contributed by atoms with Crippen molar-refractivity contribution in [1.29, 1.82) is 0 Å². The number of hydrogen-bond donors (Lipinski definition) is 1. The molecule has 0 fully saturated rings. The number of nitrogens with one attached hydrogen (secondary N) is 1. The van der Waals surface area contributed by atoms with Gasteiger partial charge in [0, 0.05) is 19.2 Å². The highest BCUT2D eigenvalue weighted by atomic mass is 16.5. The third kappa shape index (κ3) is 3.66. The molecular formula is C16H17NO2. The van der Waals surface area contributed by atoms with E-state index in [-0.39, 0.29) is 5.91 Å². The first-order chi connectivity index (χ1) is 9.31. The van der Waals surface area contributed by atoms with Crippen molar-refractivity contribution in [3.63, 3.8) is 0 Å². The Labute approximate surface area is 113 Å². The first-order valence-electron chi connectivity index (χ1n) is 6.20. The minimum Gasteiger partial charge on any atom is -0.380 e. The average molecular weight is 255 g/mol. The van der Waals surface area contributed by atoms with Crippen LogP contribution < -0.4 is 5.32 Å². The predicted octanol–water partition coefficient (Wildman–Crippen LogP) is 2.76. The van der Waals surface area contributed by atoms with Crippen LogP contribution in [0, 0.1) is 0 Å². The van der Waals surface area contributed by atoms with E-state index in [1.54, 1.807) is 19.2 Å². The van der Waals surface area contributed by atoms with Gasteiger partial charge in [-0.2, -0.15) is 0 Å². The highest BCUT2D eigenvalue weighted by Crippen LogP contribution is 2.10. The molecule has 0 saturated heterocycles. The summed E-state index contributed by atoms with van der Waals surface area (Å²) in [6.45, 7) is 1.06. The van der Waals surface area contributed by atoms with Gasteiger partial charge in [0.05, 0.1) is 6.61 Å². The van der Waals surface area contributed by atoms with Gasteiger partial charge in [0.15, 0.2) is 0 Å². The maximum absolute atomic E-state index is 11.9. The Morgan fingerprint density at radius 1 is 1.00 bits per heavy atom. The molecule has 98 valence electrons. The van der Waals surface area contributed by atoms with Crippen molar-refractivity contribution in [2.45, 2.75) is 13.2 Å². The molecule has 0 aromatic heterocycles. The summed E-state index contributed by atoms with van der Waals surface area (Å²) in [6, 6.07) is 17.1. The van der Waals surface area contributed by atoms with E-state index in [2.05, 4.69) is 5.32 Å². The summed E-state index contributed by atoms with van der Waals surface area (Å²) in [6.07, 6.45) is 0. The number of amides is 1. The Kier molecular flexibility index (Phi) is 4.70. The zero-order chi connectivity index (χ0) is 13.5. The summed E-state index contributed by atoms with van der Waals surface area (Å²) in [5, 5.41) is 2.92. The van der Waals surface area contributed by atoms with Gasteiger partial charge in [-0.25, -0.2) is 0 Å². The minimum absolute atomic E-state index is 0.0622. The molecule has 1 amide bonds. The smallest absolute Gasteiger partial charge is 0.251 e. The molecule has 19 heavy (non-hydrogen) atoms. The Bertz CT molecular complexity index is 537. The van der Waals surface area contributed by atoms with Gasteiger partial charge in [-0.15, -0.1) is 0 Å². The molecule has 0 atom stereocenters. The zero-order valence-corrected chi connectivity index (χ0v) is 10.9. The molecule has 3 nitrogen and oxygen atoms in total. The summed E-state index contributed by atoms with van der Waals surface area (Å²) in [4.78, 5) is 11.9. The lowest BCUT2D eigenvalue weighted by Gasteiger charge is -2.10. The van der Waals surface area contributed by atoms with Crippen LogP contribution >= 0.6 is 0 Å². The molecular weight excluding hydrogens is 238 g/mol. The molecule has 0 heterocycles. The van der Waals surface area contributed by atoms with Crippen LogP contribution in [-0.4, -0.2) is 13.0 Å². The molecule has 2 aromatic carbocycles. The molecule has 0 aliphatic carbocycles. The SMILES string of the molecule is COCc1ccccc1CNC(=O)c1ccccc1. The third-order valence-corrected chi connectivity index (χ3v) is 2.89. The van der Waals surface area contributed by atoms with Gasteiger partial charge in [0.2, 0.25) is 0 Å². The molecule has 3 heteroatoms. The molecule has 0 saturated carbocycles. The maximum atomic E-state index is 11.9. The second-order valence-electron chi connectivity index (χ2n) is 4.25. The molecule has 0 aliphatic heterocycles. The van der Waals surface area contributed by atoms with Crippen molar-refractivity contribution in [3.8, 4) is 0 Å². The standard InChI is InChI=1S/C16H17NO2/c1-19-12-15-10-6-5-9-14(15)11-17-16(18)13-7-3-2-4-8-13/h2-10H,11-12H2,1H3,(H,17,18). The van der Waals surface area contributed by atoms with Crippen molar-refractivity contribution in [3.05, 3.63) is 71.3 Å². The van der Waals surface area contributed by atoms with E-state index in [4.69, 9.17) is 4.74 Å². The fourth-order valence-electron chi connectivity index (χ4n) is 1.89. The number of methoxy groups -OCH3 is 1. The highest BCUT2D eigenvalue weighted by Gasteiger charge is 2.06. The van der Waals surface area contributed by atoms with Crippen molar-refractivity contribution >= 4 is 5.91 Å². The molecule has 1 N–H and O–H groups in total. The van der Waals surface area contributed by atoms with Gasteiger partial charge < -0.3 is 10.1 Å². The van der Waals surface area contributed by atoms with Crippen LogP contribution in [0.5, 0.6) is 0 Å². The van der Waals surface area contributed by atoms with E-state index in [0.29, 0.717) is 18.7 Å². The summed E-state index contributed by atoms with van der Waals surface area (Å²) in [7, 11) is 1.67. The Morgan fingerprint density at radius 2 is 1.63 bits per heavy atom. The summed E-state index contributed by atoms with van der Waals surface area (Å²) < 4.78 is 5.15. The molecule has 0 bridgehead atoms. The molecule has 2 rings (SSSR count). The van der Waals surface area contributed by atoms with E-state index in [0.717, 1.165) is 11.1 Å². The number of carbonyl (C=O) groups excluding carboxylic acids is 1. The van der Waals surface area contributed by atoms with Crippen LogP contribution in [0.15, 0.2) is 54.6 Å². The number of benzene rings is 2. The van der Waals surface area contributed by atoms with Gasteiger partial charge >= 0.3 is 0 Å². The fraction of sp³-hybridized carbons (Fsp3) is 0.188. The minimum atomic E-state index is -0.0622.